The lowest BCUT2D eigenvalue weighted by Crippen LogP contribution is -2.51. The van der Waals surface area contributed by atoms with E-state index in [9.17, 15) is 4.79 Å². The van der Waals surface area contributed by atoms with Gasteiger partial charge in [-0.25, -0.2) is 0 Å². The smallest absolute Gasteiger partial charge is 0.270 e. The maximum Gasteiger partial charge on any atom is 0.270 e. The summed E-state index contributed by atoms with van der Waals surface area (Å²) in [6, 6.07) is 23.0. The Balaban J connectivity index is 1.84. The third-order valence-electron chi connectivity index (χ3n) is 4.49. The first kappa shape index (κ1) is 18.9. The minimum atomic E-state index is -0.572. The Morgan fingerprint density at radius 3 is 2.19 bits per heavy atom. The van der Waals surface area contributed by atoms with Crippen molar-refractivity contribution in [2.45, 2.75) is 25.9 Å². The van der Waals surface area contributed by atoms with E-state index in [1.54, 1.807) is 0 Å². The summed E-state index contributed by atoms with van der Waals surface area (Å²) in [7, 11) is 0. The lowest BCUT2D eigenvalue weighted by atomic mass is 10.0. The standard InChI is InChI=1S/C23H22N2OS/c1-2-18-11-13-20(14-12-18)22(26)21(25-15-7-4-8-16-25)23(27)24-17-19-9-5-3-6-10-19/h3-16,21H,2,17H2,1H3/p+1/t21-/m1/s1. The maximum absolute atomic E-state index is 13.2. The molecule has 27 heavy (non-hydrogen) atoms. The van der Waals surface area contributed by atoms with E-state index in [0.717, 1.165) is 12.0 Å². The summed E-state index contributed by atoms with van der Waals surface area (Å²) in [6.07, 6.45) is 4.70. The summed E-state index contributed by atoms with van der Waals surface area (Å²) in [5.74, 6) is -0.0144. The zero-order valence-corrected chi connectivity index (χ0v) is 16.2. The average molecular weight is 376 g/mol. The van der Waals surface area contributed by atoms with Crippen molar-refractivity contribution in [3.63, 3.8) is 0 Å². The fourth-order valence-corrected chi connectivity index (χ4v) is 3.22. The fourth-order valence-electron chi connectivity index (χ4n) is 2.92. The second-order valence-corrected chi connectivity index (χ2v) is 6.78. The molecule has 0 aliphatic rings. The number of carbonyl (C=O) groups is 1. The zero-order chi connectivity index (χ0) is 19.1. The van der Waals surface area contributed by atoms with Gasteiger partial charge in [-0.3, -0.25) is 4.79 Å². The van der Waals surface area contributed by atoms with Gasteiger partial charge in [-0.15, -0.1) is 0 Å². The number of aryl methyl sites for hydroxylation is 1. The Bertz CT molecular complexity index is 893. The summed E-state index contributed by atoms with van der Waals surface area (Å²) < 4.78 is 1.86. The van der Waals surface area contributed by atoms with Crippen LogP contribution in [0.5, 0.6) is 0 Å². The van der Waals surface area contributed by atoms with Crippen LogP contribution in [0.1, 0.15) is 34.5 Å². The van der Waals surface area contributed by atoms with Crippen LogP contribution < -0.4 is 9.88 Å². The molecule has 0 fully saturated rings. The third kappa shape index (κ3) is 4.86. The quantitative estimate of drug-likeness (QED) is 0.384. The van der Waals surface area contributed by atoms with E-state index in [1.165, 1.54) is 5.56 Å². The van der Waals surface area contributed by atoms with Crippen molar-refractivity contribution in [2.24, 2.45) is 0 Å². The van der Waals surface area contributed by atoms with Crippen LogP contribution in [-0.4, -0.2) is 10.8 Å². The van der Waals surface area contributed by atoms with Gasteiger partial charge in [-0.05, 0) is 17.5 Å². The molecule has 0 aliphatic carbocycles. The normalized spacial score (nSPS) is 11.6. The summed E-state index contributed by atoms with van der Waals surface area (Å²) >= 11 is 5.63. The first-order chi connectivity index (χ1) is 13.2. The summed E-state index contributed by atoms with van der Waals surface area (Å²) in [4.78, 5) is 13.8. The summed E-state index contributed by atoms with van der Waals surface area (Å²) in [5, 5.41) is 3.26. The highest BCUT2D eigenvalue weighted by Crippen LogP contribution is 2.13. The van der Waals surface area contributed by atoms with Crippen LogP contribution >= 0.6 is 12.2 Å². The van der Waals surface area contributed by atoms with Gasteiger partial charge in [0.05, 0.1) is 0 Å². The molecule has 0 amide bonds. The van der Waals surface area contributed by atoms with Gasteiger partial charge >= 0.3 is 0 Å². The monoisotopic (exact) mass is 375 g/mol. The number of hydrogen-bond donors (Lipinski definition) is 1. The van der Waals surface area contributed by atoms with E-state index in [4.69, 9.17) is 12.2 Å². The number of hydrogen-bond acceptors (Lipinski definition) is 2. The minimum Gasteiger partial charge on any atom is -0.370 e. The van der Waals surface area contributed by atoms with Crippen LogP contribution in [0, 0.1) is 0 Å². The molecule has 3 rings (SSSR count). The van der Waals surface area contributed by atoms with Crippen LogP contribution in [0.25, 0.3) is 0 Å². The first-order valence-corrected chi connectivity index (χ1v) is 9.50. The molecule has 4 heteroatoms. The van der Waals surface area contributed by atoms with Crippen LogP contribution in [0.4, 0.5) is 0 Å². The Labute approximate surface area is 165 Å². The van der Waals surface area contributed by atoms with Crippen LogP contribution in [0.3, 0.4) is 0 Å². The number of aromatic nitrogens is 1. The number of pyridine rings is 1. The highest BCUT2D eigenvalue weighted by atomic mass is 32.1. The predicted octanol–water partition coefficient (Wildman–Crippen LogP) is 4.08. The van der Waals surface area contributed by atoms with Crippen LogP contribution in [0.15, 0.2) is 85.2 Å². The number of thiocarbonyl (C=S) groups is 1. The molecule has 1 N–H and O–H groups in total. The van der Waals surface area contributed by atoms with Crippen molar-refractivity contribution in [3.05, 3.63) is 102 Å². The maximum atomic E-state index is 13.2. The number of nitrogens with one attached hydrogen (secondary N) is 1. The second-order valence-electron chi connectivity index (χ2n) is 6.34. The van der Waals surface area contributed by atoms with Crippen molar-refractivity contribution in [2.75, 3.05) is 0 Å². The summed E-state index contributed by atoms with van der Waals surface area (Å²) in [5.41, 5.74) is 2.99. The Hall–Kier alpha value is -2.85. The third-order valence-corrected chi connectivity index (χ3v) is 4.86. The zero-order valence-electron chi connectivity index (χ0n) is 15.3. The van der Waals surface area contributed by atoms with E-state index in [2.05, 4.69) is 12.2 Å². The van der Waals surface area contributed by atoms with Gasteiger partial charge in [0.15, 0.2) is 17.4 Å². The van der Waals surface area contributed by atoms with Gasteiger partial charge in [-0.1, -0.05) is 79.8 Å². The van der Waals surface area contributed by atoms with Crippen molar-refractivity contribution in [3.8, 4) is 0 Å². The van der Waals surface area contributed by atoms with Gasteiger partial charge in [0, 0.05) is 24.2 Å². The van der Waals surface area contributed by atoms with Gasteiger partial charge < -0.3 is 5.32 Å². The molecule has 0 spiro atoms. The molecule has 0 saturated carbocycles. The molecule has 0 aliphatic heterocycles. The van der Waals surface area contributed by atoms with Gasteiger partial charge in [-0.2, -0.15) is 4.57 Å². The molecule has 1 atom stereocenters. The Kier molecular flexibility index (Phi) is 6.44. The lowest BCUT2D eigenvalue weighted by Gasteiger charge is -2.15. The molecule has 0 unspecified atom stereocenters. The van der Waals surface area contributed by atoms with E-state index in [0.29, 0.717) is 17.1 Å². The lowest BCUT2D eigenvalue weighted by molar-refractivity contribution is -0.692. The van der Waals surface area contributed by atoms with E-state index < -0.39 is 6.04 Å². The highest BCUT2D eigenvalue weighted by molar-refractivity contribution is 7.80. The number of benzene rings is 2. The van der Waals surface area contributed by atoms with Crippen molar-refractivity contribution in [1.82, 2.24) is 5.32 Å². The Morgan fingerprint density at radius 1 is 0.926 bits per heavy atom. The molecule has 0 bridgehead atoms. The largest absolute Gasteiger partial charge is 0.370 e. The van der Waals surface area contributed by atoms with Crippen molar-refractivity contribution < 1.29 is 9.36 Å². The topological polar surface area (TPSA) is 33.0 Å². The molecule has 3 aromatic rings. The molecule has 0 saturated heterocycles. The molecule has 136 valence electrons. The molecular weight excluding hydrogens is 352 g/mol. The van der Waals surface area contributed by atoms with Gasteiger partial charge in [0.2, 0.25) is 5.78 Å². The number of Topliss-reactive ketones (excluding diaryl/α,β-unsaturated/α-hetero) is 1. The number of ketones is 1. The van der Waals surface area contributed by atoms with E-state index in [1.807, 2.05) is 89.8 Å². The SMILES string of the molecule is CCc1ccc(C(=O)[C@H](C(=S)NCc2ccccc2)[n+]2ccccc2)cc1. The molecule has 1 heterocycles. The Morgan fingerprint density at radius 2 is 1.56 bits per heavy atom. The number of nitrogens with zero attached hydrogens (tertiary/aromatic N) is 1. The van der Waals surface area contributed by atoms with Gasteiger partial charge in [0.1, 0.15) is 0 Å². The molecule has 2 aromatic carbocycles. The summed E-state index contributed by atoms with van der Waals surface area (Å²) in [6.45, 7) is 2.69. The first-order valence-electron chi connectivity index (χ1n) is 9.09. The number of rotatable bonds is 7. The second kappa shape index (κ2) is 9.19. The van der Waals surface area contributed by atoms with E-state index >= 15 is 0 Å². The number of carbonyl (C=O) groups excluding carboxylic acids is 1. The molecule has 0 radical (unpaired) electrons. The average Bonchev–Trinajstić information content (AvgIpc) is 2.74. The minimum absolute atomic E-state index is 0.0144. The van der Waals surface area contributed by atoms with Crippen molar-refractivity contribution in [1.29, 1.82) is 0 Å². The highest BCUT2D eigenvalue weighted by Gasteiger charge is 2.32. The van der Waals surface area contributed by atoms with E-state index in [-0.39, 0.29) is 5.78 Å². The van der Waals surface area contributed by atoms with Crippen LogP contribution in [0.2, 0.25) is 0 Å². The predicted molar refractivity (Wildman–Crippen MR) is 112 cm³/mol. The molecule has 1 aromatic heterocycles. The van der Waals surface area contributed by atoms with Crippen LogP contribution in [-0.2, 0) is 13.0 Å². The fraction of sp³-hybridized carbons (Fsp3) is 0.174. The van der Waals surface area contributed by atoms with Gasteiger partial charge in [0.25, 0.3) is 6.04 Å². The molecular formula is C23H23N2OS+. The molecule has 3 nitrogen and oxygen atoms in total. The van der Waals surface area contributed by atoms with Crippen molar-refractivity contribution >= 4 is 23.0 Å².